The average Bonchev–Trinajstić information content (AvgIpc) is 2.85. The van der Waals surface area contributed by atoms with E-state index in [9.17, 15) is 9.18 Å². The molecule has 0 unspecified atom stereocenters. The van der Waals surface area contributed by atoms with Crippen molar-refractivity contribution < 1.29 is 23.4 Å². The molecule has 0 aliphatic carbocycles. The number of carbonyl (C=O) groups is 1. The van der Waals surface area contributed by atoms with Gasteiger partial charge in [-0.3, -0.25) is 4.79 Å². The summed E-state index contributed by atoms with van der Waals surface area (Å²) < 4.78 is 30.7. The predicted molar refractivity (Wildman–Crippen MR) is 121 cm³/mol. The van der Waals surface area contributed by atoms with Crippen LogP contribution in [0.2, 0.25) is 0 Å². The molecule has 0 bridgehead atoms. The molecule has 0 atom stereocenters. The first-order valence-corrected chi connectivity index (χ1v) is 10.2. The maximum Gasteiger partial charge on any atom is 0.250 e. The number of fused-ring (bicyclic) bond motifs is 3. The highest BCUT2D eigenvalue weighted by Crippen LogP contribution is 2.42. The summed E-state index contributed by atoms with van der Waals surface area (Å²) in [6.45, 7) is 4.32. The predicted octanol–water partition coefficient (Wildman–Crippen LogP) is 5.26. The SMILES string of the molecule is C=CC(=O)N1CCOc2c1ccc1ncnc(Oc3ccc(Oc4ccc(F)cc4)cc3)c21. The van der Waals surface area contributed by atoms with Crippen LogP contribution in [0.1, 0.15) is 0 Å². The van der Waals surface area contributed by atoms with Gasteiger partial charge in [0.1, 0.15) is 41.4 Å². The number of anilines is 1. The molecule has 0 saturated carbocycles. The van der Waals surface area contributed by atoms with Crippen LogP contribution in [0.25, 0.3) is 10.9 Å². The highest BCUT2D eigenvalue weighted by atomic mass is 19.1. The van der Waals surface area contributed by atoms with Crippen LogP contribution in [0.4, 0.5) is 10.1 Å². The van der Waals surface area contributed by atoms with Gasteiger partial charge in [-0.2, -0.15) is 0 Å². The van der Waals surface area contributed by atoms with E-state index >= 15 is 0 Å². The van der Waals surface area contributed by atoms with E-state index in [-0.39, 0.29) is 11.7 Å². The van der Waals surface area contributed by atoms with E-state index in [0.29, 0.717) is 58.6 Å². The number of ether oxygens (including phenoxy) is 3. The Hall–Kier alpha value is -4.46. The second-order valence-corrected chi connectivity index (χ2v) is 7.16. The Kier molecular flexibility index (Phi) is 5.32. The number of aromatic nitrogens is 2. The van der Waals surface area contributed by atoms with Gasteiger partial charge >= 0.3 is 0 Å². The molecule has 1 aliphatic heterocycles. The number of carbonyl (C=O) groups excluding carboxylic acids is 1. The Morgan fingerprint density at radius 1 is 0.970 bits per heavy atom. The maximum absolute atomic E-state index is 13.1. The third-order valence-corrected chi connectivity index (χ3v) is 5.08. The molecule has 0 saturated heterocycles. The fourth-order valence-electron chi connectivity index (χ4n) is 3.54. The topological polar surface area (TPSA) is 73.8 Å². The third kappa shape index (κ3) is 4.06. The van der Waals surface area contributed by atoms with Crippen molar-refractivity contribution in [1.82, 2.24) is 9.97 Å². The van der Waals surface area contributed by atoms with Crippen LogP contribution in [0.15, 0.2) is 79.6 Å². The molecule has 2 heterocycles. The summed E-state index contributed by atoms with van der Waals surface area (Å²) in [6.07, 6.45) is 2.68. The Balaban J connectivity index is 1.45. The van der Waals surface area contributed by atoms with Crippen molar-refractivity contribution in [3.63, 3.8) is 0 Å². The van der Waals surface area contributed by atoms with E-state index in [1.165, 1.54) is 24.5 Å². The molecule has 33 heavy (non-hydrogen) atoms. The summed E-state index contributed by atoms with van der Waals surface area (Å²) in [5.74, 6) is 1.86. The lowest BCUT2D eigenvalue weighted by Crippen LogP contribution is -2.36. The second-order valence-electron chi connectivity index (χ2n) is 7.16. The molecular formula is C25H18FN3O4. The zero-order valence-corrected chi connectivity index (χ0v) is 17.4. The van der Waals surface area contributed by atoms with Crippen molar-refractivity contribution in [2.45, 2.75) is 0 Å². The van der Waals surface area contributed by atoms with Gasteiger partial charge in [0.15, 0.2) is 5.75 Å². The van der Waals surface area contributed by atoms with Gasteiger partial charge in [-0.05, 0) is 66.7 Å². The molecule has 4 aromatic rings. The summed E-state index contributed by atoms with van der Waals surface area (Å²) >= 11 is 0. The fourth-order valence-corrected chi connectivity index (χ4v) is 3.54. The molecule has 5 rings (SSSR count). The Labute approximate surface area is 188 Å². The average molecular weight is 443 g/mol. The van der Waals surface area contributed by atoms with E-state index in [2.05, 4.69) is 16.5 Å². The van der Waals surface area contributed by atoms with Crippen molar-refractivity contribution in [3.05, 3.63) is 85.5 Å². The molecule has 1 aliphatic rings. The van der Waals surface area contributed by atoms with Gasteiger partial charge in [0, 0.05) is 0 Å². The number of hydrogen-bond donors (Lipinski definition) is 0. The van der Waals surface area contributed by atoms with Crippen LogP contribution in [0, 0.1) is 5.82 Å². The second kappa shape index (κ2) is 8.58. The highest BCUT2D eigenvalue weighted by molar-refractivity contribution is 6.06. The maximum atomic E-state index is 13.1. The minimum Gasteiger partial charge on any atom is -0.489 e. The van der Waals surface area contributed by atoms with Crippen LogP contribution < -0.4 is 19.1 Å². The molecule has 0 N–H and O–H groups in total. The van der Waals surface area contributed by atoms with Crippen molar-refractivity contribution >= 4 is 22.5 Å². The Morgan fingerprint density at radius 3 is 2.33 bits per heavy atom. The van der Waals surface area contributed by atoms with Crippen LogP contribution in [0.3, 0.4) is 0 Å². The quantitative estimate of drug-likeness (QED) is 0.392. The molecule has 164 valence electrons. The van der Waals surface area contributed by atoms with Crippen LogP contribution in [-0.4, -0.2) is 29.0 Å². The minimum atomic E-state index is -0.327. The van der Waals surface area contributed by atoms with E-state index < -0.39 is 0 Å². The van der Waals surface area contributed by atoms with Gasteiger partial charge in [0.25, 0.3) is 5.91 Å². The Bertz CT molecular complexity index is 1340. The number of amides is 1. The van der Waals surface area contributed by atoms with Crippen LogP contribution in [0.5, 0.6) is 28.9 Å². The molecule has 0 radical (unpaired) electrons. The molecule has 0 spiro atoms. The lowest BCUT2D eigenvalue weighted by molar-refractivity contribution is -0.114. The van der Waals surface area contributed by atoms with Gasteiger partial charge in [-0.1, -0.05) is 6.58 Å². The van der Waals surface area contributed by atoms with E-state index in [4.69, 9.17) is 14.2 Å². The smallest absolute Gasteiger partial charge is 0.250 e. The first-order chi connectivity index (χ1) is 16.1. The highest BCUT2D eigenvalue weighted by Gasteiger charge is 2.26. The summed E-state index contributed by atoms with van der Waals surface area (Å²) in [5.41, 5.74) is 1.24. The molecule has 1 aromatic heterocycles. The zero-order valence-electron chi connectivity index (χ0n) is 17.4. The van der Waals surface area contributed by atoms with Gasteiger partial charge in [-0.15, -0.1) is 0 Å². The zero-order chi connectivity index (χ0) is 22.8. The van der Waals surface area contributed by atoms with Crippen molar-refractivity contribution in [2.75, 3.05) is 18.1 Å². The van der Waals surface area contributed by atoms with E-state index in [1.807, 2.05) is 0 Å². The molecule has 0 fully saturated rings. The van der Waals surface area contributed by atoms with Gasteiger partial charge in [0.2, 0.25) is 5.88 Å². The lowest BCUT2D eigenvalue weighted by Gasteiger charge is -2.29. The molecule has 7 nitrogen and oxygen atoms in total. The van der Waals surface area contributed by atoms with E-state index in [0.717, 1.165) is 0 Å². The third-order valence-electron chi connectivity index (χ3n) is 5.08. The van der Waals surface area contributed by atoms with E-state index in [1.54, 1.807) is 53.4 Å². The lowest BCUT2D eigenvalue weighted by atomic mass is 10.1. The summed E-state index contributed by atoms with van der Waals surface area (Å²) in [7, 11) is 0. The number of hydrogen-bond acceptors (Lipinski definition) is 6. The van der Waals surface area contributed by atoms with Crippen molar-refractivity contribution in [3.8, 4) is 28.9 Å². The van der Waals surface area contributed by atoms with Crippen molar-refractivity contribution in [1.29, 1.82) is 0 Å². The molecule has 3 aromatic carbocycles. The molecule has 1 amide bonds. The number of benzene rings is 3. The van der Waals surface area contributed by atoms with Gasteiger partial charge in [0.05, 0.1) is 17.7 Å². The van der Waals surface area contributed by atoms with Gasteiger partial charge < -0.3 is 19.1 Å². The Morgan fingerprint density at radius 2 is 1.64 bits per heavy atom. The first-order valence-electron chi connectivity index (χ1n) is 10.2. The van der Waals surface area contributed by atoms with Crippen LogP contribution in [-0.2, 0) is 4.79 Å². The van der Waals surface area contributed by atoms with Gasteiger partial charge in [-0.25, -0.2) is 14.4 Å². The first kappa shape index (κ1) is 20.4. The summed E-state index contributed by atoms with van der Waals surface area (Å²) in [5, 5.41) is 0.572. The number of halogens is 1. The monoisotopic (exact) mass is 443 g/mol. The minimum absolute atomic E-state index is 0.213. The fraction of sp³-hybridized carbons (Fsp3) is 0.0800. The number of nitrogens with zero attached hydrogens (tertiary/aromatic N) is 3. The van der Waals surface area contributed by atoms with Crippen LogP contribution >= 0.6 is 0 Å². The normalized spacial score (nSPS) is 12.6. The molecule has 8 heteroatoms. The summed E-state index contributed by atoms with van der Waals surface area (Å²) in [6, 6.07) is 16.3. The molecular weight excluding hydrogens is 425 g/mol. The largest absolute Gasteiger partial charge is 0.489 e. The standard InChI is InChI=1S/C25H18FN3O4/c1-2-22(30)29-13-14-31-24-21(29)12-11-20-23(24)25(28-15-27-20)33-19-9-7-18(8-10-19)32-17-5-3-16(26)4-6-17/h2-12,15H,1,13-14H2. The van der Waals surface area contributed by atoms with Crippen molar-refractivity contribution in [2.24, 2.45) is 0 Å². The summed E-state index contributed by atoms with van der Waals surface area (Å²) in [4.78, 5) is 22.5. The number of rotatable bonds is 5.